The lowest BCUT2D eigenvalue weighted by Gasteiger charge is -2.32. The molecule has 0 saturated carbocycles. The highest BCUT2D eigenvalue weighted by molar-refractivity contribution is 9.13. The van der Waals surface area contributed by atoms with Crippen LogP contribution in [0.2, 0.25) is 0 Å². The molecule has 1 fully saturated rings. The first-order valence-corrected chi connectivity index (χ1v) is 8.97. The van der Waals surface area contributed by atoms with E-state index in [-0.39, 0.29) is 6.04 Å². The lowest BCUT2D eigenvalue weighted by molar-refractivity contribution is 0.116. The van der Waals surface area contributed by atoms with Crippen LogP contribution in [0.5, 0.6) is 0 Å². The van der Waals surface area contributed by atoms with Crippen LogP contribution in [0.3, 0.4) is 0 Å². The Balaban J connectivity index is 2.22. The Kier molecular flexibility index (Phi) is 6.30. The number of hydrogen-bond donors (Lipinski definition) is 1. The van der Waals surface area contributed by atoms with Crippen LogP contribution < -0.4 is 5.73 Å². The minimum atomic E-state index is 0.205. The second-order valence-corrected chi connectivity index (χ2v) is 8.16. The number of hydrogen-bond acceptors (Lipinski definition) is 4. The summed E-state index contributed by atoms with van der Waals surface area (Å²) in [4.78, 5) is 3.82. The zero-order valence-electron chi connectivity index (χ0n) is 11.1. The van der Waals surface area contributed by atoms with E-state index in [1.165, 1.54) is 17.7 Å². The fraction of sp³-hybridized carbons (Fsp3) is 0.692. The van der Waals surface area contributed by atoms with Gasteiger partial charge in [-0.25, -0.2) is 0 Å². The van der Waals surface area contributed by atoms with Crippen LogP contribution in [0.25, 0.3) is 0 Å². The molecule has 1 aliphatic rings. The Labute approximate surface area is 135 Å². The number of nitrogens with two attached hydrogens (primary N) is 1. The fourth-order valence-electron chi connectivity index (χ4n) is 2.62. The molecule has 0 aromatic carbocycles. The summed E-state index contributed by atoms with van der Waals surface area (Å²) in [5.74, 6) is 0. The van der Waals surface area contributed by atoms with Crippen LogP contribution in [0, 0.1) is 0 Å². The largest absolute Gasteiger partial charge is 0.383 e. The highest BCUT2D eigenvalue weighted by Crippen LogP contribution is 2.39. The maximum Gasteiger partial charge on any atom is 0.0843 e. The third-order valence-electron chi connectivity index (χ3n) is 3.57. The van der Waals surface area contributed by atoms with E-state index < -0.39 is 0 Å². The number of methoxy groups -OCH3 is 1. The van der Waals surface area contributed by atoms with Gasteiger partial charge in [0.25, 0.3) is 0 Å². The van der Waals surface area contributed by atoms with E-state index >= 15 is 0 Å². The number of nitrogens with zero attached hydrogens (tertiary/aromatic N) is 1. The third-order valence-corrected chi connectivity index (χ3v) is 6.90. The van der Waals surface area contributed by atoms with Crippen molar-refractivity contribution >= 4 is 43.2 Å². The number of rotatable bonds is 4. The maximum atomic E-state index is 6.43. The van der Waals surface area contributed by atoms with E-state index in [1.54, 1.807) is 18.4 Å². The van der Waals surface area contributed by atoms with E-state index in [2.05, 4.69) is 42.8 Å². The normalized spacial score (nSPS) is 25.5. The first kappa shape index (κ1) is 15.9. The zero-order valence-corrected chi connectivity index (χ0v) is 15.1. The molecule has 0 aliphatic carbocycles. The van der Waals surface area contributed by atoms with Gasteiger partial charge in [-0.1, -0.05) is 6.42 Å². The van der Waals surface area contributed by atoms with Crippen LogP contribution in [0.1, 0.15) is 30.2 Å². The van der Waals surface area contributed by atoms with E-state index in [4.69, 9.17) is 10.5 Å². The van der Waals surface area contributed by atoms with Crippen molar-refractivity contribution in [3.63, 3.8) is 0 Å². The zero-order chi connectivity index (χ0) is 13.8. The molecule has 3 nitrogen and oxygen atoms in total. The van der Waals surface area contributed by atoms with E-state index in [0.29, 0.717) is 6.04 Å². The Hall–Kier alpha value is 0.540. The summed E-state index contributed by atoms with van der Waals surface area (Å²) in [5.41, 5.74) is 6.43. The van der Waals surface area contributed by atoms with Gasteiger partial charge in [0.15, 0.2) is 0 Å². The second kappa shape index (κ2) is 7.52. The van der Waals surface area contributed by atoms with E-state index in [1.807, 2.05) is 0 Å². The van der Waals surface area contributed by atoms with Crippen LogP contribution in [-0.2, 0) is 4.74 Å². The lowest BCUT2D eigenvalue weighted by atomic mass is 10.0. The molecular formula is C13H20Br2N2OS. The van der Waals surface area contributed by atoms with Crippen molar-refractivity contribution in [3.05, 3.63) is 19.2 Å². The van der Waals surface area contributed by atoms with Crippen LogP contribution in [0.15, 0.2) is 14.3 Å². The average Bonchev–Trinajstić information content (AvgIpc) is 2.60. The molecule has 0 bridgehead atoms. The van der Waals surface area contributed by atoms with Crippen molar-refractivity contribution in [3.8, 4) is 0 Å². The van der Waals surface area contributed by atoms with Gasteiger partial charge >= 0.3 is 0 Å². The molecule has 2 heterocycles. The topological polar surface area (TPSA) is 38.5 Å². The van der Waals surface area contributed by atoms with Gasteiger partial charge in [-0.15, -0.1) is 11.3 Å². The lowest BCUT2D eigenvalue weighted by Crippen LogP contribution is -2.40. The fourth-order valence-corrected chi connectivity index (χ4v) is 4.92. The summed E-state index contributed by atoms with van der Waals surface area (Å²) in [7, 11) is 1.76. The predicted octanol–water partition coefficient (Wildman–Crippen LogP) is 3.77. The number of thiophene rings is 1. The van der Waals surface area contributed by atoms with Gasteiger partial charge in [0, 0.05) is 29.0 Å². The van der Waals surface area contributed by atoms with Gasteiger partial charge in [-0.3, -0.25) is 4.90 Å². The molecular weight excluding hydrogens is 392 g/mol. The molecule has 2 unspecified atom stereocenters. The molecule has 2 N–H and O–H groups in total. The molecule has 1 saturated heterocycles. The smallest absolute Gasteiger partial charge is 0.0843 e. The summed E-state index contributed by atoms with van der Waals surface area (Å²) in [6, 6.07) is 2.71. The monoisotopic (exact) mass is 410 g/mol. The molecule has 0 amide bonds. The first-order valence-electron chi connectivity index (χ1n) is 6.56. The Morgan fingerprint density at radius 3 is 2.89 bits per heavy atom. The highest BCUT2D eigenvalue weighted by Gasteiger charge is 2.30. The van der Waals surface area contributed by atoms with Gasteiger partial charge in [0.05, 0.1) is 16.4 Å². The van der Waals surface area contributed by atoms with Crippen LogP contribution in [-0.4, -0.2) is 37.7 Å². The standard InChI is InChI=1S/C13H20Br2N2OS/c1-18-7-6-17-5-3-2-4-10(16)12(17)11-8-9(14)13(15)19-11/h8,10,12H,2-7,16H2,1H3. The van der Waals surface area contributed by atoms with Crippen molar-refractivity contribution in [1.29, 1.82) is 0 Å². The van der Waals surface area contributed by atoms with E-state index in [9.17, 15) is 0 Å². The molecule has 0 radical (unpaired) electrons. The van der Waals surface area contributed by atoms with Gasteiger partial charge in [-0.05, 0) is 57.3 Å². The third kappa shape index (κ3) is 4.02. The molecule has 2 atom stereocenters. The van der Waals surface area contributed by atoms with Gasteiger partial charge in [0.2, 0.25) is 0 Å². The molecule has 6 heteroatoms. The minimum absolute atomic E-state index is 0.205. The Bertz CT molecular complexity index is 394. The maximum absolute atomic E-state index is 6.43. The Morgan fingerprint density at radius 2 is 2.26 bits per heavy atom. The summed E-state index contributed by atoms with van der Waals surface area (Å²) in [5, 5.41) is 0. The molecule has 1 aromatic heterocycles. The van der Waals surface area contributed by atoms with Crippen molar-refractivity contribution in [2.75, 3.05) is 26.8 Å². The molecule has 2 rings (SSSR count). The van der Waals surface area contributed by atoms with Crippen molar-refractivity contribution in [1.82, 2.24) is 4.90 Å². The first-order chi connectivity index (χ1) is 9.13. The molecule has 108 valence electrons. The van der Waals surface area contributed by atoms with Crippen LogP contribution >= 0.6 is 43.2 Å². The summed E-state index contributed by atoms with van der Waals surface area (Å²) in [6.07, 6.45) is 3.54. The number of ether oxygens (including phenoxy) is 1. The molecule has 1 aliphatic heterocycles. The van der Waals surface area contributed by atoms with Gasteiger partial charge in [-0.2, -0.15) is 0 Å². The predicted molar refractivity (Wildman–Crippen MR) is 87.7 cm³/mol. The SMILES string of the molecule is COCCN1CCCCC(N)C1c1cc(Br)c(Br)s1. The van der Waals surface area contributed by atoms with Crippen molar-refractivity contribution in [2.24, 2.45) is 5.73 Å². The number of halogens is 2. The number of likely N-dealkylation sites (tertiary alicyclic amines) is 1. The van der Waals surface area contributed by atoms with Crippen LogP contribution in [0.4, 0.5) is 0 Å². The van der Waals surface area contributed by atoms with Gasteiger partial charge in [0.1, 0.15) is 0 Å². The van der Waals surface area contributed by atoms with E-state index in [0.717, 1.165) is 34.4 Å². The molecule has 0 spiro atoms. The molecule has 1 aromatic rings. The van der Waals surface area contributed by atoms with Crippen molar-refractivity contribution in [2.45, 2.75) is 31.3 Å². The summed E-state index contributed by atoms with van der Waals surface area (Å²) < 4.78 is 7.50. The highest BCUT2D eigenvalue weighted by atomic mass is 79.9. The molecule has 19 heavy (non-hydrogen) atoms. The summed E-state index contributed by atoms with van der Waals surface area (Å²) >= 11 is 8.93. The van der Waals surface area contributed by atoms with Gasteiger partial charge < -0.3 is 10.5 Å². The minimum Gasteiger partial charge on any atom is -0.383 e. The Morgan fingerprint density at radius 1 is 1.47 bits per heavy atom. The summed E-state index contributed by atoms with van der Waals surface area (Å²) in [6.45, 7) is 2.81. The average molecular weight is 412 g/mol. The van der Waals surface area contributed by atoms with Crippen molar-refractivity contribution < 1.29 is 4.74 Å². The second-order valence-electron chi connectivity index (χ2n) is 4.90. The quantitative estimate of drug-likeness (QED) is 0.819.